The minimum Gasteiger partial charge on any atom is -0.353 e. The Hall–Kier alpha value is -2.89. The maximum Gasteiger partial charge on any atom is 0.268 e. The summed E-state index contributed by atoms with van der Waals surface area (Å²) in [5, 5.41) is 9.79. The second kappa shape index (κ2) is 9.31. The van der Waals surface area contributed by atoms with Gasteiger partial charge in [-0.15, -0.1) is 0 Å². The van der Waals surface area contributed by atoms with Gasteiger partial charge in [-0.3, -0.25) is 14.4 Å². The molecule has 3 amide bonds. The Labute approximate surface area is 189 Å². The van der Waals surface area contributed by atoms with Crippen molar-refractivity contribution in [1.82, 2.24) is 25.8 Å². The van der Waals surface area contributed by atoms with Gasteiger partial charge in [-0.25, -0.2) is 4.99 Å². The number of likely N-dealkylation sites (N-methyl/N-ethyl adjacent to an activating group) is 1. The van der Waals surface area contributed by atoms with Gasteiger partial charge in [-0.1, -0.05) is 11.8 Å². The predicted octanol–water partition coefficient (Wildman–Crippen LogP) is -0.340. The average molecular weight is 458 g/mol. The van der Waals surface area contributed by atoms with E-state index in [0.717, 1.165) is 23.0 Å². The minimum atomic E-state index is -0.511. The number of H-pyrrole nitrogens is 1. The topological polar surface area (TPSA) is 145 Å². The number of carbonyl (C=O) groups excluding carboxylic acids is 3. The van der Waals surface area contributed by atoms with Gasteiger partial charge < -0.3 is 31.6 Å². The molecule has 0 aliphatic carbocycles. The first-order valence-corrected chi connectivity index (χ1v) is 11.4. The average Bonchev–Trinajstić information content (AvgIpc) is 3.38. The maximum absolute atomic E-state index is 12.8. The number of aromatic amines is 1. The van der Waals surface area contributed by atoms with Crippen LogP contribution in [-0.4, -0.2) is 84.3 Å². The normalized spacial score (nSPS) is 20.1. The molecule has 4 rings (SSSR count). The zero-order valence-electron chi connectivity index (χ0n) is 18.0. The van der Waals surface area contributed by atoms with Gasteiger partial charge in [0.1, 0.15) is 11.7 Å². The summed E-state index contributed by atoms with van der Waals surface area (Å²) in [5.74, 6) is -0.145. The fourth-order valence-corrected chi connectivity index (χ4v) is 4.67. The molecule has 1 aromatic carbocycles. The fraction of sp³-hybridized carbons (Fsp3) is 0.429. The molecule has 2 unspecified atom stereocenters. The van der Waals surface area contributed by atoms with E-state index in [-0.39, 0.29) is 23.8 Å². The van der Waals surface area contributed by atoms with Crippen LogP contribution in [0.1, 0.15) is 26.4 Å². The molecule has 32 heavy (non-hydrogen) atoms. The monoisotopic (exact) mass is 457 g/mol. The lowest BCUT2D eigenvalue weighted by Crippen LogP contribution is -2.45. The van der Waals surface area contributed by atoms with Gasteiger partial charge in [0.25, 0.3) is 11.8 Å². The van der Waals surface area contributed by atoms with Gasteiger partial charge in [0.05, 0.1) is 0 Å². The largest absolute Gasteiger partial charge is 0.353 e. The molecule has 1 aromatic heterocycles. The smallest absolute Gasteiger partial charge is 0.268 e. The molecule has 0 bridgehead atoms. The van der Waals surface area contributed by atoms with Crippen LogP contribution >= 0.6 is 11.8 Å². The molecule has 10 nitrogen and oxygen atoms in total. The van der Waals surface area contributed by atoms with E-state index in [1.165, 1.54) is 11.8 Å². The number of nitrogens with two attached hydrogens (primary N) is 1. The summed E-state index contributed by atoms with van der Waals surface area (Å²) in [7, 11) is 3.88. The van der Waals surface area contributed by atoms with Crippen molar-refractivity contribution >= 4 is 45.6 Å². The summed E-state index contributed by atoms with van der Waals surface area (Å²) in [6.45, 7) is 1.64. The molecule has 11 heteroatoms. The number of hydrogen-bond donors (Lipinski definition) is 5. The van der Waals surface area contributed by atoms with Crippen LogP contribution in [0.15, 0.2) is 23.2 Å². The van der Waals surface area contributed by atoms with Crippen LogP contribution in [0.5, 0.6) is 0 Å². The van der Waals surface area contributed by atoms with E-state index < -0.39 is 6.04 Å². The Balaban J connectivity index is 1.45. The number of thioether (sulfide) groups is 1. The third kappa shape index (κ3) is 4.64. The van der Waals surface area contributed by atoms with Gasteiger partial charge in [-0.2, -0.15) is 0 Å². The molecule has 3 heterocycles. The van der Waals surface area contributed by atoms with Crippen molar-refractivity contribution in [3.05, 3.63) is 35.0 Å². The molecule has 0 radical (unpaired) electrons. The van der Waals surface area contributed by atoms with E-state index in [1.807, 2.05) is 19.0 Å². The van der Waals surface area contributed by atoms with Crippen LogP contribution in [0.4, 0.5) is 0 Å². The SMILES string of the molecule is CN(C)CCNC(=O)C1CSC(NC(=O)c2ccc3[nH]c4c(c3c2)CC(CN)NC4=O)=N1. The molecule has 0 saturated carbocycles. The number of carbonyl (C=O) groups is 3. The lowest BCUT2D eigenvalue weighted by atomic mass is 9.97. The summed E-state index contributed by atoms with van der Waals surface area (Å²) in [6, 6.07) is 4.62. The van der Waals surface area contributed by atoms with E-state index >= 15 is 0 Å². The van der Waals surface area contributed by atoms with Crippen LogP contribution in [0.25, 0.3) is 10.9 Å². The van der Waals surface area contributed by atoms with Crippen LogP contribution in [0.3, 0.4) is 0 Å². The Morgan fingerprint density at radius 3 is 2.91 bits per heavy atom. The summed E-state index contributed by atoms with van der Waals surface area (Å²) >= 11 is 1.35. The molecule has 0 fully saturated rings. The van der Waals surface area contributed by atoms with Crippen molar-refractivity contribution in [3.63, 3.8) is 0 Å². The molecule has 6 N–H and O–H groups in total. The third-order valence-corrected chi connectivity index (χ3v) is 6.46. The summed E-state index contributed by atoms with van der Waals surface area (Å²) in [4.78, 5) is 46.9. The molecular weight excluding hydrogens is 430 g/mol. The standard InChI is InChI=1S/C21H27N7O3S/c1-28(2)6-5-23-19(30)16-10-32-21(26-16)27-18(29)11-3-4-15-13(7-11)14-8-12(9-22)24-20(31)17(14)25-15/h3-4,7,12,16,25H,5-6,8-10,22H2,1-2H3,(H,23,30)(H,24,31)(H,26,27,29). The van der Waals surface area contributed by atoms with Gasteiger partial charge in [-0.05, 0) is 44.3 Å². The van der Waals surface area contributed by atoms with Crippen molar-refractivity contribution in [1.29, 1.82) is 0 Å². The molecular formula is C21H27N7O3S. The molecule has 0 spiro atoms. The fourth-order valence-electron chi connectivity index (χ4n) is 3.76. The maximum atomic E-state index is 12.8. The number of rotatable bonds is 6. The second-order valence-electron chi connectivity index (χ2n) is 8.16. The minimum absolute atomic E-state index is 0.128. The van der Waals surface area contributed by atoms with Gasteiger partial charge >= 0.3 is 0 Å². The molecule has 2 aliphatic heterocycles. The number of fused-ring (bicyclic) bond motifs is 3. The van der Waals surface area contributed by atoms with E-state index in [9.17, 15) is 14.4 Å². The number of amides is 3. The van der Waals surface area contributed by atoms with Crippen LogP contribution in [-0.2, 0) is 11.2 Å². The van der Waals surface area contributed by atoms with E-state index in [4.69, 9.17) is 5.73 Å². The summed E-state index contributed by atoms with van der Waals surface area (Å²) in [6.07, 6.45) is 0.607. The number of benzene rings is 1. The van der Waals surface area contributed by atoms with E-state index in [2.05, 4.69) is 25.9 Å². The van der Waals surface area contributed by atoms with Crippen LogP contribution in [0.2, 0.25) is 0 Å². The highest BCUT2D eigenvalue weighted by atomic mass is 32.2. The number of aliphatic imine (C=N–C) groups is 1. The number of amidine groups is 1. The van der Waals surface area contributed by atoms with Crippen molar-refractivity contribution < 1.29 is 14.4 Å². The Morgan fingerprint density at radius 1 is 1.34 bits per heavy atom. The van der Waals surface area contributed by atoms with Gasteiger partial charge in [0.2, 0.25) is 5.91 Å². The highest BCUT2D eigenvalue weighted by Crippen LogP contribution is 2.27. The number of aromatic nitrogens is 1. The zero-order chi connectivity index (χ0) is 22.8. The predicted molar refractivity (Wildman–Crippen MR) is 125 cm³/mol. The van der Waals surface area contributed by atoms with Crippen LogP contribution < -0.4 is 21.7 Å². The highest BCUT2D eigenvalue weighted by Gasteiger charge is 2.28. The lowest BCUT2D eigenvalue weighted by molar-refractivity contribution is -0.121. The van der Waals surface area contributed by atoms with Gasteiger partial charge in [0, 0.05) is 47.9 Å². The van der Waals surface area contributed by atoms with Crippen molar-refractivity contribution in [2.75, 3.05) is 39.5 Å². The van der Waals surface area contributed by atoms with Gasteiger partial charge in [0.15, 0.2) is 5.17 Å². The number of nitrogens with zero attached hydrogens (tertiary/aromatic N) is 2. The molecule has 2 aliphatic rings. The first-order chi connectivity index (χ1) is 15.4. The third-order valence-electron chi connectivity index (χ3n) is 5.50. The van der Waals surface area contributed by atoms with Crippen molar-refractivity contribution in [2.45, 2.75) is 18.5 Å². The number of hydrogen-bond acceptors (Lipinski definition) is 7. The Morgan fingerprint density at radius 2 is 2.16 bits per heavy atom. The first kappa shape index (κ1) is 22.3. The zero-order valence-corrected chi connectivity index (χ0v) is 18.8. The molecule has 0 saturated heterocycles. The highest BCUT2D eigenvalue weighted by molar-refractivity contribution is 8.14. The summed E-state index contributed by atoms with van der Waals surface area (Å²) < 4.78 is 0. The lowest BCUT2D eigenvalue weighted by Gasteiger charge is -2.22. The second-order valence-corrected chi connectivity index (χ2v) is 9.17. The molecule has 2 aromatic rings. The van der Waals surface area contributed by atoms with Crippen LogP contribution in [0, 0.1) is 0 Å². The summed E-state index contributed by atoms with van der Waals surface area (Å²) in [5.41, 5.74) is 8.38. The van der Waals surface area contributed by atoms with Crippen molar-refractivity contribution in [3.8, 4) is 0 Å². The Kier molecular flexibility index (Phi) is 6.49. The molecule has 2 atom stereocenters. The quantitative estimate of drug-likeness (QED) is 0.401. The van der Waals surface area contributed by atoms with E-state index in [1.54, 1.807) is 18.2 Å². The Bertz CT molecular complexity index is 1090. The first-order valence-electron chi connectivity index (χ1n) is 10.5. The molecule has 170 valence electrons. The van der Waals surface area contributed by atoms with E-state index in [0.29, 0.717) is 41.7 Å². The number of nitrogens with one attached hydrogen (secondary N) is 4. The van der Waals surface area contributed by atoms with Crippen molar-refractivity contribution in [2.24, 2.45) is 10.7 Å².